The summed E-state index contributed by atoms with van der Waals surface area (Å²) in [6, 6.07) is 3.95. The molecule has 0 bridgehead atoms. The van der Waals surface area contributed by atoms with Crippen molar-refractivity contribution in [3.8, 4) is 5.75 Å². The highest BCUT2D eigenvalue weighted by atomic mass is 79.9. The maximum atomic E-state index is 11.4. The number of carboxylic acid groups (broad SMARTS) is 1. The van der Waals surface area contributed by atoms with Gasteiger partial charge in [0, 0.05) is 6.54 Å². The highest BCUT2D eigenvalue weighted by molar-refractivity contribution is 9.10. The minimum Gasteiger partial charge on any atom is -0.496 e. The normalized spacial score (nSPS) is 11.5. The predicted molar refractivity (Wildman–Crippen MR) is 73.2 cm³/mol. The van der Waals surface area contributed by atoms with Crippen molar-refractivity contribution < 1.29 is 19.4 Å². The molecule has 0 aliphatic carbocycles. The van der Waals surface area contributed by atoms with E-state index in [-0.39, 0.29) is 0 Å². The Labute approximate surface area is 119 Å². The Bertz CT molecular complexity index is 479. The fraction of sp³-hybridized carbons (Fsp3) is 0.333. The summed E-state index contributed by atoms with van der Waals surface area (Å²) in [6.45, 7) is 1.69. The molecule has 19 heavy (non-hydrogen) atoms. The molecule has 3 N–H and O–H groups in total. The Kier molecular flexibility index (Phi) is 5.62. The van der Waals surface area contributed by atoms with Crippen molar-refractivity contribution in [3.05, 3.63) is 28.2 Å². The summed E-state index contributed by atoms with van der Waals surface area (Å²) in [5, 5.41) is 13.5. The van der Waals surface area contributed by atoms with E-state index < -0.39 is 18.0 Å². The summed E-state index contributed by atoms with van der Waals surface area (Å²) >= 11 is 3.34. The summed E-state index contributed by atoms with van der Waals surface area (Å²) in [4.78, 5) is 22.0. The zero-order valence-corrected chi connectivity index (χ0v) is 12.2. The first-order chi connectivity index (χ1) is 8.93. The van der Waals surface area contributed by atoms with Gasteiger partial charge in [-0.1, -0.05) is 6.07 Å². The Morgan fingerprint density at radius 1 is 1.47 bits per heavy atom. The lowest BCUT2D eigenvalue weighted by Crippen LogP contribution is -2.44. The molecule has 0 fully saturated rings. The summed E-state index contributed by atoms with van der Waals surface area (Å²) in [6.07, 6.45) is 0. The van der Waals surface area contributed by atoms with Crippen LogP contribution in [-0.2, 0) is 11.3 Å². The number of hydrogen-bond donors (Lipinski definition) is 3. The molecule has 2 amide bonds. The Hall–Kier alpha value is -1.76. The van der Waals surface area contributed by atoms with Crippen molar-refractivity contribution in [1.29, 1.82) is 0 Å². The van der Waals surface area contributed by atoms with Crippen LogP contribution in [0.5, 0.6) is 5.75 Å². The van der Waals surface area contributed by atoms with Crippen molar-refractivity contribution >= 4 is 27.9 Å². The third-order valence-corrected chi connectivity index (χ3v) is 3.01. The van der Waals surface area contributed by atoms with Gasteiger partial charge in [-0.3, -0.25) is 4.79 Å². The van der Waals surface area contributed by atoms with Crippen molar-refractivity contribution in [3.63, 3.8) is 0 Å². The number of ether oxygens (including phenoxy) is 1. The lowest BCUT2D eigenvalue weighted by atomic mass is 10.2. The molecule has 1 rings (SSSR count). The number of rotatable bonds is 5. The highest BCUT2D eigenvalue weighted by Crippen LogP contribution is 2.25. The van der Waals surface area contributed by atoms with Gasteiger partial charge in [0.1, 0.15) is 11.8 Å². The van der Waals surface area contributed by atoms with Crippen LogP contribution in [0.15, 0.2) is 22.7 Å². The van der Waals surface area contributed by atoms with Crippen LogP contribution in [-0.4, -0.2) is 30.3 Å². The Morgan fingerprint density at radius 2 is 2.16 bits per heavy atom. The molecular weight excluding hydrogens is 316 g/mol. The molecular formula is C12H15BrN2O4. The van der Waals surface area contributed by atoms with E-state index in [9.17, 15) is 9.59 Å². The van der Waals surface area contributed by atoms with Crippen molar-refractivity contribution in [2.75, 3.05) is 7.11 Å². The number of carbonyl (C=O) groups excluding carboxylic acids is 1. The van der Waals surface area contributed by atoms with Gasteiger partial charge in [0.05, 0.1) is 11.6 Å². The number of halogens is 1. The molecule has 1 aromatic carbocycles. The van der Waals surface area contributed by atoms with E-state index in [4.69, 9.17) is 9.84 Å². The number of aliphatic carboxylic acids is 1. The maximum absolute atomic E-state index is 11.4. The van der Waals surface area contributed by atoms with Gasteiger partial charge in [-0.25, -0.2) is 4.79 Å². The number of carbonyl (C=O) groups is 2. The minimum atomic E-state index is -1.08. The molecule has 0 aliphatic heterocycles. The monoisotopic (exact) mass is 330 g/mol. The van der Waals surface area contributed by atoms with Crippen LogP contribution in [0.25, 0.3) is 0 Å². The van der Waals surface area contributed by atoms with E-state index in [1.807, 2.05) is 12.1 Å². The van der Waals surface area contributed by atoms with E-state index in [1.165, 1.54) is 6.92 Å². The van der Waals surface area contributed by atoms with E-state index in [1.54, 1.807) is 13.2 Å². The minimum absolute atomic E-state index is 0.292. The largest absolute Gasteiger partial charge is 0.496 e. The average molecular weight is 331 g/mol. The average Bonchev–Trinajstić information content (AvgIpc) is 2.36. The van der Waals surface area contributed by atoms with Crippen LogP contribution in [0.2, 0.25) is 0 Å². The Morgan fingerprint density at radius 3 is 2.68 bits per heavy atom. The van der Waals surface area contributed by atoms with Gasteiger partial charge in [-0.15, -0.1) is 0 Å². The maximum Gasteiger partial charge on any atom is 0.325 e. The highest BCUT2D eigenvalue weighted by Gasteiger charge is 2.13. The van der Waals surface area contributed by atoms with Gasteiger partial charge in [-0.2, -0.15) is 0 Å². The predicted octanol–water partition coefficient (Wildman–Crippen LogP) is 1.73. The van der Waals surface area contributed by atoms with Crippen molar-refractivity contribution in [2.24, 2.45) is 0 Å². The van der Waals surface area contributed by atoms with Gasteiger partial charge >= 0.3 is 12.0 Å². The molecule has 0 radical (unpaired) electrons. The number of urea groups is 1. The quantitative estimate of drug-likeness (QED) is 0.767. The topological polar surface area (TPSA) is 87.7 Å². The molecule has 0 spiro atoms. The molecule has 0 saturated carbocycles. The third kappa shape index (κ3) is 4.78. The molecule has 0 heterocycles. The lowest BCUT2D eigenvalue weighted by molar-refractivity contribution is -0.138. The number of hydrogen-bond acceptors (Lipinski definition) is 3. The first-order valence-electron chi connectivity index (χ1n) is 5.53. The van der Waals surface area contributed by atoms with Gasteiger partial charge in [0.15, 0.2) is 0 Å². The molecule has 6 nitrogen and oxygen atoms in total. The van der Waals surface area contributed by atoms with Gasteiger partial charge in [0.2, 0.25) is 0 Å². The Balaban J connectivity index is 2.50. The van der Waals surface area contributed by atoms with E-state index in [0.29, 0.717) is 12.3 Å². The number of carboxylic acids is 1. The lowest BCUT2D eigenvalue weighted by Gasteiger charge is -2.11. The molecule has 104 valence electrons. The third-order valence-electron chi connectivity index (χ3n) is 2.39. The first kappa shape index (κ1) is 15.3. The SMILES string of the molecule is COc1ccc(CNC(=O)NC(C)C(=O)O)cc1Br. The second-order valence-electron chi connectivity index (χ2n) is 3.86. The van der Waals surface area contributed by atoms with E-state index in [0.717, 1.165) is 10.0 Å². The van der Waals surface area contributed by atoms with Crippen molar-refractivity contribution in [1.82, 2.24) is 10.6 Å². The molecule has 0 aliphatic rings. The molecule has 0 saturated heterocycles. The fourth-order valence-corrected chi connectivity index (χ4v) is 1.90. The molecule has 0 aromatic heterocycles. The standard InChI is InChI=1S/C12H15BrN2O4/c1-7(11(16)17)15-12(18)14-6-8-3-4-10(19-2)9(13)5-8/h3-5,7H,6H2,1-2H3,(H,16,17)(H2,14,15,18). The summed E-state index contributed by atoms with van der Waals surface area (Å²) in [5.41, 5.74) is 0.866. The van der Waals surface area contributed by atoms with Gasteiger partial charge in [0.25, 0.3) is 0 Å². The van der Waals surface area contributed by atoms with Crippen LogP contribution in [0.1, 0.15) is 12.5 Å². The van der Waals surface area contributed by atoms with Crippen LogP contribution in [0, 0.1) is 0 Å². The smallest absolute Gasteiger partial charge is 0.325 e. The van der Waals surface area contributed by atoms with Crippen LogP contribution >= 0.6 is 15.9 Å². The summed E-state index contributed by atoms with van der Waals surface area (Å²) in [7, 11) is 1.57. The number of amides is 2. The number of nitrogens with one attached hydrogen (secondary N) is 2. The second kappa shape index (κ2) is 6.98. The fourth-order valence-electron chi connectivity index (χ4n) is 1.31. The number of methoxy groups -OCH3 is 1. The van der Waals surface area contributed by atoms with Crippen LogP contribution in [0.4, 0.5) is 4.79 Å². The summed E-state index contributed by atoms with van der Waals surface area (Å²) in [5.74, 6) is -0.380. The molecule has 1 atom stereocenters. The van der Waals surface area contributed by atoms with Crippen LogP contribution < -0.4 is 15.4 Å². The van der Waals surface area contributed by atoms with Gasteiger partial charge in [-0.05, 0) is 40.5 Å². The van der Waals surface area contributed by atoms with Crippen LogP contribution in [0.3, 0.4) is 0 Å². The molecule has 7 heteroatoms. The molecule has 1 aromatic rings. The van der Waals surface area contributed by atoms with Crippen molar-refractivity contribution in [2.45, 2.75) is 19.5 Å². The zero-order chi connectivity index (χ0) is 14.4. The zero-order valence-electron chi connectivity index (χ0n) is 10.6. The first-order valence-corrected chi connectivity index (χ1v) is 6.33. The second-order valence-corrected chi connectivity index (χ2v) is 4.71. The van der Waals surface area contributed by atoms with E-state index >= 15 is 0 Å². The molecule has 1 unspecified atom stereocenters. The van der Waals surface area contributed by atoms with Gasteiger partial charge < -0.3 is 20.5 Å². The summed E-state index contributed by atoms with van der Waals surface area (Å²) < 4.78 is 5.88. The number of benzene rings is 1. The van der Waals surface area contributed by atoms with E-state index in [2.05, 4.69) is 26.6 Å².